The molecule has 6 heteroatoms. The normalized spacial score (nSPS) is 20.0. The van der Waals surface area contributed by atoms with Crippen LogP contribution in [0, 0.1) is 22.7 Å². The lowest BCUT2D eigenvalue weighted by molar-refractivity contribution is 0.0693. The molecule has 1 fully saturated rings. The molecule has 82 valence electrons. The van der Waals surface area contributed by atoms with E-state index in [-0.39, 0.29) is 5.57 Å². The Hall–Kier alpha value is -1.50. The van der Waals surface area contributed by atoms with E-state index >= 15 is 0 Å². The fraction of sp³-hybridized carbons (Fsp3) is 0.500. The van der Waals surface area contributed by atoms with Crippen molar-refractivity contribution in [1.29, 1.82) is 10.5 Å². The zero-order valence-corrected chi connectivity index (χ0v) is 9.46. The van der Waals surface area contributed by atoms with Crippen LogP contribution in [-0.2, 0) is 4.74 Å². The van der Waals surface area contributed by atoms with Crippen LogP contribution >= 0.6 is 11.8 Å². The van der Waals surface area contributed by atoms with Crippen molar-refractivity contribution < 1.29 is 4.74 Å². The van der Waals surface area contributed by atoms with Gasteiger partial charge in [-0.25, -0.2) is 0 Å². The number of thioether (sulfide) groups is 1. The van der Waals surface area contributed by atoms with Crippen LogP contribution in [0.1, 0.15) is 0 Å². The van der Waals surface area contributed by atoms with Crippen LogP contribution < -0.4 is 0 Å². The molecule has 2 rings (SSSR count). The average Bonchev–Trinajstić information content (AvgIpc) is 2.81. The zero-order chi connectivity index (χ0) is 11.4. The molecule has 0 aromatic heterocycles. The molecule has 2 heterocycles. The highest BCUT2D eigenvalue weighted by atomic mass is 32.2. The maximum Gasteiger partial charge on any atom is 0.164 e. The summed E-state index contributed by atoms with van der Waals surface area (Å²) < 4.78 is 5.25. The van der Waals surface area contributed by atoms with Crippen LogP contribution in [0.2, 0.25) is 0 Å². The van der Waals surface area contributed by atoms with Crippen LogP contribution in [0.15, 0.2) is 15.5 Å². The summed E-state index contributed by atoms with van der Waals surface area (Å²) in [5, 5.41) is 18.4. The van der Waals surface area contributed by atoms with Gasteiger partial charge < -0.3 is 9.64 Å². The number of aliphatic imine (C=N–C) groups is 1. The zero-order valence-electron chi connectivity index (χ0n) is 8.64. The first-order chi connectivity index (χ1) is 7.85. The molecular formula is C10H10N4OS. The smallest absolute Gasteiger partial charge is 0.164 e. The lowest BCUT2D eigenvalue weighted by Crippen LogP contribution is -2.38. The van der Waals surface area contributed by atoms with Gasteiger partial charge in [0.25, 0.3) is 0 Å². The van der Waals surface area contributed by atoms with Gasteiger partial charge in [-0.3, -0.25) is 4.99 Å². The van der Waals surface area contributed by atoms with Crippen molar-refractivity contribution >= 4 is 16.9 Å². The Balaban J connectivity index is 2.05. The molecule has 1 saturated heterocycles. The van der Waals surface area contributed by atoms with Crippen molar-refractivity contribution in [2.24, 2.45) is 4.99 Å². The molecule has 0 saturated carbocycles. The third kappa shape index (κ3) is 2.19. The Morgan fingerprint density at radius 2 is 2.00 bits per heavy atom. The molecule has 0 spiro atoms. The molecule has 2 aliphatic rings. The molecule has 0 aromatic carbocycles. The number of hydrogen-bond acceptors (Lipinski definition) is 6. The fourth-order valence-electron chi connectivity index (χ4n) is 1.51. The van der Waals surface area contributed by atoms with Crippen molar-refractivity contribution in [2.75, 3.05) is 32.8 Å². The van der Waals surface area contributed by atoms with E-state index in [1.807, 2.05) is 12.1 Å². The predicted octanol–water partition coefficient (Wildman–Crippen LogP) is 0.723. The maximum atomic E-state index is 8.75. The summed E-state index contributed by atoms with van der Waals surface area (Å²) in [7, 11) is 0. The molecule has 2 aliphatic heterocycles. The molecule has 0 amide bonds. The van der Waals surface area contributed by atoms with E-state index in [2.05, 4.69) is 9.89 Å². The molecule has 0 atom stereocenters. The van der Waals surface area contributed by atoms with Gasteiger partial charge in [-0.05, 0) is 0 Å². The van der Waals surface area contributed by atoms with Crippen LogP contribution in [0.25, 0.3) is 0 Å². The molecule has 0 N–H and O–H groups in total. The monoisotopic (exact) mass is 234 g/mol. The maximum absolute atomic E-state index is 8.75. The van der Waals surface area contributed by atoms with Crippen LogP contribution in [0.5, 0.6) is 0 Å². The van der Waals surface area contributed by atoms with Gasteiger partial charge >= 0.3 is 0 Å². The van der Waals surface area contributed by atoms with E-state index in [1.54, 1.807) is 0 Å². The summed E-state index contributed by atoms with van der Waals surface area (Å²) in [6, 6.07) is 3.80. The van der Waals surface area contributed by atoms with E-state index < -0.39 is 0 Å². The number of nitriles is 2. The lowest BCUT2D eigenvalue weighted by atomic mass is 10.3. The minimum atomic E-state index is 0.178. The quantitative estimate of drug-likeness (QED) is 0.577. The number of rotatable bonds is 0. The number of nitrogens with zero attached hydrogens (tertiary/aromatic N) is 4. The van der Waals surface area contributed by atoms with E-state index in [1.165, 1.54) is 11.8 Å². The van der Waals surface area contributed by atoms with Gasteiger partial charge in [-0.15, -0.1) is 0 Å². The summed E-state index contributed by atoms with van der Waals surface area (Å²) >= 11 is 1.43. The molecular weight excluding hydrogens is 224 g/mol. The van der Waals surface area contributed by atoms with Gasteiger partial charge in [0.05, 0.1) is 19.8 Å². The number of morpholine rings is 1. The van der Waals surface area contributed by atoms with Crippen molar-refractivity contribution in [3.63, 3.8) is 0 Å². The van der Waals surface area contributed by atoms with Gasteiger partial charge in [-0.1, -0.05) is 11.8 Å². The van der Waals surface area contributed by atoms with Crippen molar-refractivity contribution in [3.8, 4) is 12.1 Å². The Kier molecular flexibility index (Phi) is 3.45. The van der Waals surface area contributed by atoms with Gasteiger partial charge in [-0.2, -0.15) is 10.5 Å². The minimum Gasteiger partial charge on any atom is -0.378 e. The van der Waals surface area contributed by atoms with E-state index in [0.717, 1.165) is 23.2 Å². The molecule has 0 aliphatic carbocycles. The van der Waals surface area contributed by atoms with Crippen LogP contribution in [0.4, 0.5) is 0 Å². The first-order valence-corrected chi connectivity index (χ1v) is 5.75. The van der Waals surface area contributed by atoms with Crippen molar-refractivity contribution in [3.05, 3.63) is 10.5 Å². The van der Waals surface area contributed by atoms with Crippen LogP contribution in [0.3, 0.4) is 0 Å². The van der Waals surface area contributed by atoms with E-state index in [0.29, 0.717) is 19.8 Å². The van der Waals surface area contributed by atoms with E-state index in [4.69, 9.17) is 15.3 Å². The number of hydrogen-bond donors (Lipinski definition) is 0. The SMILES string of the molecule is N#CC(C#N)=C1CN=C(N2CCOCC2)S1. The molecule has 0 unspecified atom stereocenters. The molecule has 0 aromatic rings. The summed E-state index contributed by atoms with van der Waals surface area (Å²) in [6.45, 7) is 3.53. The summed E-state index contributed by atoms with van der Waals surface area (Å²) in [5.74, 6) is 0. The third-order valence-electron chi connectivity index (χ3n) is 2.36. The van der Waals surface area contributed by atoms with Gasteiger partial charge in [0, 0.05) is 18.0 Å². The summed E-state index contributed by atoms with van der Waals surface area (Å²) in [5.41, 5.74) is 0.178. The first-order valence-electron chi connectivity index (χ1n) is 4.93. The highest BCUT2D eigenvalue weighted by Gasteiger charge is 2.23. The largest absolute Gasteiger partial charge is 0.378 e. The minimum absolute atomic E-state index is 0.178. The first kappa shape index (κ1) is 11.0. The molecule has 16 heavy (non-hydrogen) atoms. The number of ether oxygens (including phenoxy) is 1. The predicted molar refractivity (Wildman–Crippen MR) is 60.5 cm³/mol. The van der Waals surface area contributed by atoms with Crippen molar-refractivity contribution in [2.45, 2.75) is 0 Å². The molecule has 0 radical (unpaired) electrons. The van der Waals surface area contributed by atoms with Gasteiger partial charge in [0.2, 0.25) is 0 Å². The van der Waals surface area contributed by atoms with E-state index in [9.17, 15) is 0 Å². The molecule has 5 nitrogen and oxygen atoms in total. The van der Waals surface area contributed by atoms with Gasteiger partial charge in [0.1, 0.15) is 17.7 Å². The second-order valence-corrected chi connectivity index (χ2v) is 4.38. The summed E-state index contributed by atoms with van der Waals surface area (Å²) in [4.78, 5) is 7.24. The molecule has 0 bridgehead atoms. The number of amidine groups is 1. The Morgan fingerprint density at radius 1 is 1.31 bits per heavy atom. The standard InChI is InChI=1S/C10H10N4OS/c11-5-8(6-12)9-7-13-10(16-9)14-1-3-15-4-2-14/h1-4,7H2. The Morgan fingerprint density at radius 3 is 2.62 bits per heavy atom. The second-order valence-electron chi connectivity index (χ2n) is 3.32. The van der Waals surface area contributed by atoms with Gasteiger partial charge in [0.15, 0.2) is 5.17 Å². The van der Waals surface area contributed by atoms with Crippen LogP contribution in [-0.4, -0.2) is 42.9 Å². The Bertz CT molecular complexity index is 407. The third-order valence-corrected chi connectivity index (χ3v) is 3.51. The Labute approximate surface area is 98.0 Å². The average molecular weight is 234 g/mol. The fourth-order valence-corrected chi connectivity index (χ4v) is 2.50. The highest BCUT2D eigenvalue weighted by molar-refractivity contribution is 8.17. The number of allylic oxidation sites excluding steroid dienone is 1. The topological polar surface area (TPSA) is 72.4 Å². The highest BCUT2D eigenvalue weighted by Crippen LogP contribution is 2.29. The lowest BCUT2D eigenvalue weighted by Gasteiger charge is -2.27. The van der Waals surface area contributed by atoms with Crippen molar-refractivity contribution in [1.82, 2.24) is 4.90 Å². The summed E-state index contributed by atoms with van der Waals surface area (Å²) in [6.07, 6.45) is 0. The second kappa shape index (κ2) is 5.02.